The maximum atomic E-state index is 13.4. The van der Waals surface area contributed by atoms with Gasteiger partial charge in [-0.05, 0) is 60.2 Å². The van der Waals surface area contributed by atoms with Crippen LogP contribution in [0.15, 0.2) is 73.3 Å². The molecule has 3 heterocycles. The van der Waals surface area contributed by atoms with E-state index in [0.29, 0.717) is 25.1 Å². The number of carbonyl (C=O) groups is 2. The molecule has 0 bridgehead atoms. The highest BCUT2D eigenvalue weighted by molar-refractivity contribution is 5.94. The van der Waals surface area contributed by atoms with E-state index in [1.807, 2.05) is 17.0 Å². The lowest BCUT2D eigenvalue weighted by Crippen LogP contribution is -2.54. The molecular weight excluding hydrogens is 400 g/mol. The largest absolute Gasteiger partial charge is 0.348 e. The molecule has 4 rings (SSSR count). The van der Waals surface area contributed by atoms with Crippen molar-refractivity contribution in [1.82, 2.24) is 19.8 Å². The van der Waals surface area contributed by atoms with E-state index >= 15 is 0 Å². The van der Waals surface area contributed by atoms with Gasteiger partial charge in [0.25, 0.3) is 5.91 Å². The maximum Gasteiger partial charge on any atom is 0.255 e. The molecule has 0 radical (unpaired) electrons. The Kier molecular flexibility index (Phi) is 6.30. The summed E-state index contributed by atoms with van der Waals surface area (Å²) in [6, 6.07) is 15.8. The van der Waals surface area contributed by atoms with Crippen molar-refractivity contribution >= 4 is 11.8 Å². The predicted molar refractivity (Wildman–Crippen MR) is 124 cm³/mol. The van der Waals surface area contributed by atoms with Crippen molar-refractivity contribution < 1.29 is 9.59 Å². The Bertz CT molecular complexity index is 1070. The van der Waals surface area contributed by atoms with Crippen LogP contribution in [0, 0.1) is 5.41 Å². The molecule has 2 aromatic heterocycles. The number of nitrogens with zero attached hydrogens (tertiary/aromatic N) is 4. The molecule has 164 valence electrons. The molecule has 1 aliphatic heterocycles. The fourth-order valence-corrected chi connectivity index (χ4v) is 4.60. The van der Waals surface area contributed by atoms with Crippen LogP contribution in [0.5, 0.6) is 0 Å². The first-order chi connectivity index (χ1) is 15.5. The zero-order valence-corrected chi connectivity index (χ0v) is 18.6. The van der Waals surface area contributed by atoms with Gasteiger partial charge in [0.05, 0.1) is 11.0 Å². The first-order valence-corrected chi connectivity index (χ1v) is 10.9. The number of hydrogen-bond donors (Lipinski definition) is 0. The summed E-state index contributed by atoms with van der Waals surface area (Å²) in [6.07, 6.45) is 8.95. The van der Waals surface area contributed by atoms with E-state index < -0.39 is 5.41 Å². The SMILES string of the molecule is CN(C)C(=O)[C@@]1(Cc2ccc(-c3ccncc3)cc2)CCCN(C(=O)c2cccnc2)C1. The molecule has 0 saturated carbocycles. The molecule has 1 saturated heterocycles. The lowest BCUT2D eigenvalue weighted by atomic mass is 9.73. The standard InChI is InChI=1S/C26H28N4O2/c1-29(2)25(32)26(12-4-16-30(19-26)24(31)23-5-3-13-28-18-23)17-20-6-8-21(9-7-20)22-10-14-27-15-11-22/h3,5-11,13-15,18H,4,12,16-17,19H2,1-2H3/t26-/m1/s1. The van der Waals surface area contributed by atoms with Crippen LogP contribution in [0.3, 0.4) is 0 Å². The number of rotatable bonds is 5. The van der Waals surface area contributed by atoms with Gasteiger partial charge in [0.15, 0.2) is 0 Å². The summed E-state index contributed by atoms with van der Waals surface area (Å²) in [5.41, 5.74) is 3.23. The summed E-state index contributed by atoms with van der Waals surface area (Å²) >= 11 is 0. The summed E-state index contributed by atoms with van der Waals surface area (Å²) in [6.45, 7) is 1.06. The molecular formula is C26H28N4O2. The van der Waals surface area contributed by atoms with E-state index in [-0.39, 0.29) is 11.8 Å². The van der Waals surface area contributed by atoms with E-state index in [9.17, 15) is 9.59 Å². The van der Waals surface area contributed by atoms with Gasteiger partial charge in [-0.3, -0.25) is 19.6 Å². The predicted octanol–water partition coefficient (Wildman–Crippen LogP) is 3.70. The highest BCUT2D eigenvalue weighted by Gasteiger charge is 2.44. The van der Waals surface area contributed by atoms with Crippen LogP contribution in [-0.4, -0.2) is 58.8 Å². The first kappa shape index (κ1) is 21.7. The second kappa shape index (κ2) is 9.30. The number of hydrogen-bond acceptors (Lipinski definition) is 4. The fraction of sp³-hybridized carbons (Fsp3) is 0.308. The van der Waals surface area contributed by atoms with Crippen LogP contribution in [0.25, 0.3) is 11.1 Å². The average molecular weight is 429 g/mol. The Morgan fingerprint density at radius 2 is 1.69 bits per heavy atom. The van der Waals surface area contributed by atoms with Crippen LogP contribution in [0.4, 0.5) is 0 Å². The van der Waals surface area contributed by atoms with Crippen LogP contribution in [0.2, 0.25) is 0 Å². The molecule has 0 N–H and O–H groups in total. The van der Waals surface area contributed by atoms with Crippen molar-refractivity contribution in [3.63, 3.8) is 0 Å². The zero-order chi connectivity index (χ0) is 22.6. The second-order valence-corrected chi connectivity index (χ2v) is 8.66. The quantitative estimate of drug-likeness (QED) is 0.622. The van der Waals surface area contributed by atoms with Crippen molar-refractivity contribution in [1.29, 1.82) is 0 Å². The van der Waals surface area contributed by atoms with Crippen LogP contribution >= 0.6 is 0 Å². The summed E-state index contributed by atoms with van der Waals surface area (Å²) in [5, 5.41) is 0. The van der Waals surface area contributed by atoms with E-state index in [4.69, 9.17) is 0 Å². The normalized spacial score (nSPS) is 18.2. The zero-order valence-electron chi connectivity index (χ0n) is 18.6. The number of pyridine rings is 2. The molecule has 1 fully saturated rings. The molecule has 1 atom stereocenters. The fourth-order valence-electron chi connectivity index (χ4n) is 4.60. The molecule has 1 aliphatic rings. The highest BCUT2D eigenvalue weighted by Crippen LogP contribution is 2.36. The van der Waals surface area contributed by atoms with Crippen molar-refractivity contribution in [3.05, 3.63) is 84.4 Å². The summed E-state index contributed by atoms with van der Waals surface area (Å²) in [7, 11) is 3.58. The molecule has 1 aromatic carbocycles. The molecule has 0 spiro atoms. The lowest BCUT2D eigenvalue weighted by molar-refractivity contribution is -0.142. The molecule has 6 nitrogen and oxygen atoms in total. The number of benzene rings is 1. The molecule has 0 aliphatic carbocycles. The second-order valence-electron chi connectivity index (χ2n) is 8.66. The topological polar surface area (TPSA) is 66.4 Å². The van der Waals surface area contributed by atoms with Gasteiger partial charge < -0.3 is 9.80 Å². The van der Waals surface area contributed by atoms with E-state index in [1.165, 1.54) is 0 Å². The number of likely N-dealkylation sites (tertiary alicyclic amines) is 1. The average Bonchev–Trinajstić information content (AvgIpc) is 2.84. The van der Waals surface area contributed by atoms with E-state index in [0.717, 1.165) is 29.5 Å². The van der Waals surface area contributed by atoms with Crippen molar-refractivity contribution in [2.45, 2.75) is 19.3 Å². The molecule has 3 aromatic rings. The monoisotopic (exact) mass is 428 g/mol. The minimum atomic E-state index is -0.641. The lowest BCUT2D eigenvalue weighted by Gasteiger charge is -2.43. The minimum absolute atomic E-state index is 0.0678. The molecule has 2 amide bonds. The third-order valence-electron chi connectivity index (χ3n) is 6.14. The number of carbonyl (C=O) groups excluding carboxylic acids is 2. The van der Waals surface area contributed by atoms with Gasteiger partial charge in [-0.25, -0.2) is 0 Å². The van der Waals surface area contributed by atoms with Gasteiger partial charge in [-0.15, -0.1) is 0 Å². The molecule has 6 heteroatoms. The van der Waals surface area contributed by atoms with Gasteiger partial charge in [0.2, 0.25) is 5.91 Å². The molecule has 0 unspecified atom stereocenters. The Morgan fingerprint density at radius 3 is 2.34 bits per heavy atom. The van der Waals surface area contributed by atoms with Crippen molar-refractivity contribution in [3.8, 4) is 11.1 Å². The van der Waals surface area contributed by atoms with Gasteiger partial charge >= 0.3 is 0 Å². The van der Waals surface area contributed by atoms with Gasteiger partial charge in [0, 0.05) is 52.0 Å². The van der Waals surface area contributed by atoms with Gasteiger partial charge in [-0.2, -0.15) is 0 Å². The smallest absolute Gasteiger partial charge is 0.255 e. The van der Waals surface area contributed by atoms with Gasteiger partial charge in [0.1, 0.15) is 0 Å². The van der Waals surface area contributed by atoms with E-state index in [1.54, 1.807) is 55.9 Å². The number of piperidine rings is 1. The highest BCUT2D eigenvalue weighted by atomic mass is 16.2. The number of aromatic nitrogens is 2. The Hall–Kier alpha value is -3.54. The summed E-state index contributed by atoms with van der Waals surface area (Å²) in [5.74, 6) is 0.00108. The molecule has 32 heavy (non-hydrogen) atoms. The third-order valence-corrected chi connectivity index (χ3v) is 6.14. The van der Waals surface area contributed by atoms with Crippen LogP contribution in [-0.2, 0) is 11.2 Å². The number of amides is 2. The van der Waals surface area contributed by atoms with Crippen molar-refractivity contribution in [2.24, 2.45) is 5.41 Å². The van der Waals surface area contributed by atoms with Crippen molar-refractivity contribution in [2.75, 3.05) is 27.2 Å². The van der Waals surface area contributed by atoms with Crippen LogP contribution in [0.1, 0.15) is 28.8 Å². The first-order valence-electron chi connectivity index (χ1n) is 10.9. The third kappa shape index (κ3) is 4.54. The Morgan fingerprint density at radius 1 is 0.969 bits per heavy atom. The Balaban J connectivity index is 1.59. The summed E-state index contributed by atoms with van der Waals surface area (Å²) in [4.78, 5) is 38.1. The summed E-state index contributed by atoms with van der Waals surface area (Å²) < 4.78 is 0. The minimum Gasteiger partial charge on any atom is -0.348 e. The maximum absolute atomic E-state index is 13.4. The van der Waals surface area contributed by atoms with Gasteiger partial charge in [-0.1, -0.05) is 24.3 Å². The van der Waals surface area contributed by atoms with Crippen LogP contribution < -0.4 is 0 Å². The van der Waals surface area contributed by atoms with E-state index in [2.05, 4.69) is 34.2 Å². The Labute approximate surface area is 188 Å².